The van der Waals surface area contributed by atoms with Gasteiger partial charge in [-0.25, -0.2) is 4.79 Å². The van der Waals surface area contributed by atoms with Crippen molar-refractivity contribution in [1.29, 1.82) is 0 Å². The molecule has 0 bridgehead atoms. The van der Waals surface area contributed by atoms with Crippen LogP contribution in [-0.2, 0) is 6.54 Å². The molecule has 0 saturated heterocycles. The number of hydrogen-bond acceptors (Lipinski definition) is 1. The second-order valence-corrected chi connectivity index (χ2v) is 5.87. The summed E-state index contributed by atoms with van der Waals surface area (Å²) < 4.78 is 2.13. The van der Waals surface area contributed by atoms with Gasteiger partial charge in [-0.3, -0.25) is 0 Å². The molecule has 110 valence electrons. The highest BCUT2D eigenvalue weighted by Gasteiger charge is 2.24. The Kier molecular flexibility index (Phi) is 4.09. The van der Waals surface area contributed by atoms with Crippen LogP contribution in [0.4, 0.5) is 0 Å². The van der Waals surface area contributed by atoms with Crippen molar-refractivity contribution in [3.63, 3.8) is 0 Å². The van der Waals surface area contributed by atoms with Crippen molar-refractivity contribution in [3.8, 4) is 0 Å². The van der Waals surface area contributed by atoms with Gasteiger partial charge < -0.3 is 9.67 Å². The molecule has 1 aromatic carbocycles. The SMILES string of the molecule is O=C(O)c1ccn(Cc2ccccc2)c1C1CCCCC1. The van der Waals surface area contributed by atoms with Gasteiger partial charge in [0.15, 0.2) is 0 Å². The number of carbonyl (C=O) groups is 1. The predicted molar refractivity (Wildman–Crippen MR) is 82.8 cm³/mol. The van der Waals surface area contributed by atoms with Gasteiger partial charge in [0, 0.05) is 24.4 Å². The van der Waals surface area contributed by atoms with Crippen LogP contribution in [0.2, 0.25) is 0 Å². The topological polar surface area (TPSA) is 42.2 Å². The number of carboxylic acids is 1. The summed E-state index contributed by atoms with van der Waals surface area (Å²) in [4.78, 5) is 11.5. The zero-order valence-corrected chi connectivity index (χ0v) is 12.2. The third kappa shape index (κ3) is 3.02. The lowest BCUT2D eigenvalue weighted by atomic mass is 9.85. The lowest BCUT2D eigenvalue weighted by Crippen LogP contribution is -2.15. The van der Waals surface area contributed by atoms with Crippen LogP contribution in [-0.4, -0.2) is 15.6 Å². The number of aromatic carboxylic acids is 1. The fraction of sp³-hybridized carbons (Fsp3) is 0.389. The van der Waals surface area contributed by atoms with E-state index in [4.69, 9.17) is 0 Å². The van der Waals surface area contributed by atoms with Crippen LogP contribution in [0.3, 0.4) is 0 Å². The molecule has 0 atom stereocenters. The van der Waals surface area contributed by atoms with Crippen LogP contribution in [0.25, 0.3) is 0 Å². The van der Waals surface area contributed by atoms with E-state index in [1.807, 2.05) is 24.4 Å². The lowest BCUT2D eigenvalue weighted by molar-refractivity contribution is 0.0694. The molecule has 1 heterocycles. The van der Waals surface area contributed by atoms with E-state index in [1.165, 1.54) is 24.8 Å². The molecule has 0 radical (unpaired) electrons. The van der Waals surface area contributed by atoms with Gasteiger partial charge in [-0.2, -0.15) is 0 Å². The first kappa shape index (κ1) is 13.9. The highest BCUT2D eigenvalue weighted by atomic mass is 16.4. The van der Waals surface area contributed by atoms with E-state index in [2.05, 4.69) is 16.7 Å². The van der Waals surface area contributed by atoms with Gasteiger partial charge in [0.05, 0.1) is 5.56 Å². The first-order valence-electron chi connectivity index (χ1n) is 7.72. The number of hydrogen-bond donors (Lipinski definition) is 1. The largest absolute Gasteiger partial charge is 0.478 e. The van der Waals surface area contributed by atoms with Crippen LogP contribution in [0, 0.1) is 0 Å². The monoisotopic (exact) mass is 283 g/mol. The van der Waals surface area contributed by atoms with Gasteiger partial charge >= 0.3 is 5.97 Å². The third-order valence-corrected chi connectivity index (χ3v) is 4.42. The van der Waals surface area contributed by atoms with E-state index in [9.17, 15) is 9.90 Å². The fourth-order valence-corrected chi connectivity index (χ4v) is 3.41. The van der Waals surface area contributed by atoms with Crippen molar-refractivity contribution in [2.75, 3.05) is 0 Å². The Balaban J connectivity index is 1.94. The second-order valence-electron chi connectivity index (χ2n) is 5.87. The summed E-state index contributed by atoms with van der Waals surface area (Å²) >= 11 is 0. The van der Waals surface area contributed by atoms with Crippen LogP contribution >= 0.6 is 0 Å². The Morgan fingerprint density at radius 2 is 1.81 bits per heavy atom. The molecule has 1 aromatic heterocycles. The van der Waals surface area contributed by atoms with Gasteiger partial charge in [0.25, 0.3) is 0 Å². The number of carboxylic acid groups (broad SMARTS) is 1. The van der Waals surface area contributed by atoms with E-state index >= 15 is 0 Å². The maximum atomic E-state index is 11.5. The van der Waals surface area contributed by atoms with Crippen molar-refractivity contribution in [2.45, 2.75) is 44.6 Å². The molecular weight excluding hydrogens is 262 g/mol. The third-order valence-electron chi connectivity index (χ3n) is 4.42. The zero-order chi connectivity index (χ0) is 14.7. The average molecular weight is 283 g/mol. The maximum Gasteiger partial charge on any atom is 0.337 e. The lowest BCUT2D eigenvalue weighted by Gasteiger charge is -2.24. The fourth-order valence-electron chi connectivity index (χ4n) is 3.41. The first-order valence-corrected chi connectivity index (χ1v) is 7.72. The molecule has 0 spiro atoms. The number of rotatable bonds is 4. The summed E-state index contributed by atoms with van der Waals surface area (Å²) in [5, 5.41) is 9.46. The Morgan fingerprint density at radius 1 is 1.10 bits per heavy atom. The quantitative estimate of drug-likeness (QED) is 0.910. The van der Waals surface area contributed by atoms with E-state index in [0.29, 0.717) is 11.5 Å². The highest BCUT2D eigenvalue weighted by Crippen LogP contribution is 2.35. The molecule has 1 aliphatic rings. The summed E-state index contributed by atoms with van der Waals surface area (Å²) in [5.74, 6) is -0.411. The van der Waals surface area contributed by atoms with E-state index < -0.39 is 5.97 Å². The number of benzene rings is 1. The Bertz CT molecular complexity index is 609. The molecule has 1 aliphatic carbocycles. The normalized spacial score (nSPS) is 16.0. The van der Waals surface area contributed by atoms with Gasteiger partial charge in [0.1, 0.15) is 0 Å². The van der Waals surface area contributed by atoms with Crippen LogP contribution in [0.5, 0.6) is 0 Å². The molecule has 3 heteroatoms. The summed E-state index contributed by atoms with van der Waals surface area (Å²) in [7, 11) is 0. The highest BCUT2D eigenvalue weighted by molar-refractivity contribution is 5.89. The maximum absolute atomic E-state index is 11.5. The molecule has 21 heavy (non-hydrogen) atoms. The average Bonchev–Trinajstić information content (AvgIpc) is 2.93. The van der Waals surface area contributed by atoms with E-state index in [-0.39, 0.29) is 0 Å². The molecule has 0 aliphatic heterocycles. The molecule has 1 fully saturated rings. The molecule has 1 saturated carbocycles. The van der Waals surface area contributed by atoms with Crippen molar-refractivity contribution < 1.29 is 9.90 Å². The molecule has 3 nitrogen and oxygen atoms in total. The second kappa shape index (κ2) is 6.17. The minimum Gasteiger partial charge on any atom is -0.478 e. The predicted octanol–water partition coefficient (Wildman–Crippen LogP) is 4.28. The van der Waals surface area contributed by atoms with Crippen LogP contribution in [0.1, 0.15) is 59.6 Å². The van der Waals surface area contributed by atoms with E-state index in [1.54, 1.807) is 6.07 Å². The molecular formula is C18H21NO2. The van der Waals surface area contributed by atoms with Crippen molar-refractivity contribution in [2.24, 2.45) is 0 Å². The van der Waals surface area contributed by atoms with Gasteiger partial charge in [0.2, 0.25) is 0 Å². The van der Waals surface area contributed by atoms with Crippen molar-refractivity contribution in [1.82, 2.24) is 4.57 Å². The zero-order valence-electron chi connectivity index (χ0n) is 12.2. The minimum absolute atomic E-state index is 0.392. The molecule has 3 rings (SSSR count). The Hall–Kier alpha value is -2.03. The van der Waals surface area contributed by atoms with Crippen molar-refractivity contribution in [3.05, 3.63) is 59.4 Å². The summed E-state index contributed by atoms with van der Waals surface area (Å²) in [6.07, 6.45) is 7.84. The number of nitrogens with zero attached hydrogens (tertiary/aromatic N) is 1. The Morgan fingerprint density at radius 3 is 2.48 bits per heavy atom. The molecule has 0 unspecified atom stereocenters. The molecule has 1 N–H and O–H groups in total. The summed E-state index contributed by atoms with van der Waals surface area (Å²) in [6.45, 7) is 0.750. The smallest absolute Gasteiger partial charge is 0.337 e. The van der Waals surface area contributed by atoms with Gasteiger partial charge in [-0.05, 0) is 24.5 Å². The summed E-state index contributed by atoms with van der Waals surface area (Å²) in [6, 6.07) is 12.0. The number of aromatic nitrogens is 1. The van der Waals surface area contributed by atoms with Crippen molar-refractivity contribution >= 4 is 5.97 Å². The first-order chi connectivity index (χ1) is 10.3. The van der Waals surface area contributed by atoms with E-state index in [0.717, 1.165) is 25.1 Å². The van der Waals surface area contributed by atoms with Crippen LogP contribution in [0.15, 0.2) is 42.6 Å². The van der Waals surface area contributed by atoms with Gasteiger partial charge in [-0.15, -0.1) is 0 Å². The molecule has 0 amide bonds. The van der Waals surface area contributed by atoms with Crippen LogP contribution < -0.4 is 0 Å². The Labute approximate surface area is 125 Å². The summed E-state index contributed by atoms with van der Waals surface area (Å²) in [5.41, 5.74) is 2.71. The molecule has 2 aromatic rings. The van der Waals surface area contributed by atoms with Gasteiger partial charge in [-0.1, -0.05) is 49.6 Å². The standard InChI is InChI=1S/C18H21NO2/c20-18(21)16-11-12-19(13-14-7-3-1-4-8-14)17(16)15-9-5-2-6-10-15/h1,3-4,7-8,11-12,15H,2,5-6,9-10,13H2,(H,20,21). The minimum atomic E-state index is -0.803.